The van der Waals surface area contributed by atoms with Gasteiger partial charge >= 0.3 is 0 Å². The summed E-state index contributed by atoms with van der Waals surface area (Å²) in [5.74, 6) is 0.798. The van der Waals surface area contributed by atoms with Gasteiger partial charge in [-0.1, -0.05) is 54.1 Å². The van der Waals surface area contributed by atoms with Crippen molar-refractivity contribution in [2.24, 2.45) is 0 Å². The second-order valence-corrected chi connectivity index (χ2v) is 6.52. The van der Waals surface area contributed by atoms with Gasteiger partial charge in [-0.15, -0.1) is 0 Å². The largest absolute Gasteiger partial charge is 0.485 e. The highest BCUT2D eigenvalue weighted by molar-refractivity contribution is 6.32. The topological polar surface area (TPSA) is 46.6 Å². The fraction of sp³-hybridized carbons (Fsp3) is 0.300. The Hall–Kier alpha value is -2.33. The van der Waals surface area contributed by atoms with Crippen molar-refractivity contribution in [3.63, 3.8) is 0 Å². The summed E-state index contributed by atoms with van der Waals surface area (Å²) in [6, 6.07) is 16.5. The first kappa shape index (κ1) is 17.5. The molecule has 0 saturated carbocycles. The molecular formula is C20H20ClNO3. The Morgan fingerprint density at radius 1 is 1.00 bits per heavy atom. The number of Topliss-reactive ketones (excluding diaryl/α,β-unsaturated/α-hetero) is 1. The van der Waals surface area contributed by atoms with E-state index in [1.54, 1.807) is 23.1 Å². The minimum Gasteiger partial charge on any atom is -0.485 e. The SMILES string of the molecule is O=C(CCCC(=O)N1CC(Oc2ccccc2Cl)C1)c1ccccc1. The van der Waals surface area contributed by atoms with Crippen molar-refractivity contribution in [2.75, 3.05) is 13.1 Å². The van der Waals surface area contributed by atoms with E-state index in [4.69, 9.17) is 16.3 Å². The molecule has 0 bridgehead atoms. The third-order valence-electron chi connectivity index (χ3n) is 4.22. The molecule has 25 heavy (non-hydrogen) atoms. The number of ether oxygens (including phenoxy) is 1. The van der Waals surface area contributed by atoms with Crippen LogP contribution in [0.2, 0.25) is 5.02 Å². The molecule has 5 heteroatoms. The zero-order chi connectivity index (χ0) is 17.6. The Labute approximate surface area is 152 Å². The summed E-state index contributed by atoms with van der Waals surface area (Å²) in [4.78, 5) is 25.9. The van der Waals surface area contributed by atoms with Crippen molar-refractivity contribution < 1.29 is 14.3 Å². The smallest absolute Gasteiger partial charge is 0.222 e. The lowest BCUT2D eigenvalue weighted by Gasteiger charge is -2.39. The molecule has 0 unspecified atom stereocenters. The summed E-state index contributed by atoms with van der Waals surface area (Å²) in [5, 5.41) is 0.576. The van der Waals surface area contributed by atoms with Gasteiger partial charge in [0.05, 0.1) is 18.1 Å². The maximum Gasteiger partial charge on any atom is 0.222 e. The van der Waals surface area contributed by atoms with E-state index in [0.717, 1.165) is 0 Å². The lowest BCUT2D eigenvalue weighted by molar-refractivity contribution is -0.140. The number of carbonyl (C=O) groups excluding carboxylic acids is 2. The number of ketones is 1. The molecule has 0 radical (unpaired) electrons. The lowest BCUT2D eigenvalue weighted by Crippen LogP contribution is -2.56. The molecule has 2 aromatic carbocycles. The minimum atomic E-state index is -0.0187. The van der Waals surface area contributed by atoms with Crippen LogP contribution in [0.3, 0.4) is 0 Å². The number of likely N-dealkylation sites (tertiary alicyclic amines) is 1. The molecule has 0 spiro atoms. The fourth-order valence-corrected chi connectivity index (χ4v) is 2.94. The third-order valence-corrected chi connectivity index (χ3v) is 4.53. The molecule has 1 aliphatic rings. The number of amides is 1. The van der Waals surface area contributed by atoms with E-state index in [1.807, 2.05) is 36.4 Å². The van der Waals surface area contributed by atoms with Gasteiger partial charge in [0.15, 0.2) is 5.78 Å². The predicted octanol–water partition coefficient (Wildman–Crippen LogP) is 3.98. The van der Waals surface area contributed by atoms with Gasteiger partial charge in [0, 0.05) is 18.4 Å². The van der Waals surface area contributed by atoms with Gasteiger partial charge in [-0.25, -0.2) is 0 Å². The molecule has 1 heterocycles. The molecule has 2 aromatic rings. The summed E-state index contributed by atoms with van der Waals surface area (Å²) in [6.45, 7) is 1.13. The van der Waals surface area contributed by atoms with Crippen LogP contribution in [0.5, 0.6) is 5.75 Å². The maximum absolute atomic E-state index is 12.1. The van der Waals surface area contributed by atoms with Crippen LogP contribution in [-0.4, -0.2) is 35.8 Å². The van der Waals surface area contributed by atoms with Gasteiger partial charge in [-0.3, -0.25) is 9.59 Å². The number of hydrogen-bond donors (Lipinski definition) is 0. The second kappa shape index (κ2) is 8.17. The van der Waals surface area contributed by atoms with Crippen LogP contribution in [0.25, 0.3) is 0 Å². The number of halogens is 1. The predicted molar refractivity (Wildman–Crippen MR) is 97.1 cm³/mol. The quantitative estimate of drug-likeness (QED) is 0.704. The Morgan fingerprint density at radius 3 is 2.40 bits per heavy atom. The molecular weight excluding hydrogens is 338 g/mol. The molecule has 0 N–H and O–H groups in total. The summed E-state index contributed by atoms with van der Waals surface area (Å²) in [5.41, 5.74) is 0.701. The number of benzene rings is 2. The summed E-state index contributed by atoms with van der Waals surface area (Å²) >= 11 is 6.06. The molecule has 1 amide bonds. The van der Waals surface area contributed by atoms with E-state index in [1.165, 1.54) is 0 Å². The first-order valence-electron chi connectivity index (χ1n) is 8.40. The summed E-state index contributed by atoms with van der Waals surface area (Å²) in [7, 11) is 0. The van der Waals surface area contributed by atoms with Gasteiger partial charge < -0.3 is 9.64 Å². The fourth-order valence-electron chi connectivity index (χ4n) is 2.76. The Balaban J connectivity index is 1.37. The molecule has 4 nitrogen and oxygen atoms in total. The Kier molecular flexibility index (Phi) is 5.71. The number of nitrogens with zero attached hydrogens (tertiary/aromatic N) is 1. The van der Waals surface area contributed by atoms with Gasteiger partial charge in [-0.05, 0) is 18.6 Å². The Bertz CT molecular complexity index is 742. The molecule has 1 aliphatic heterocycles. The average Bonchev–Trinajstić information content (AvgIpc) is 2.59. The van der Waals surface area contributed by atoms with Crippen molar-refractivity contribution >= 4 is 23.3 Å². The van der Waals surface area contributed by atoms with E-state index in [2.05, 4.69) is 0 Å². The number of para-hydroxylation sites is 1. The van der Waals surface area contributed by atoms with Gasteiger partial charge in [0.25, 0.3) is 0 Å². The van der Waals surface area contributed by atoms with Crippen molar-refractivity contribution in [1.29, 1.82) is 0 Å². The standard InChI is InChI=1S/C20H20ClNO3/c21-17-9-4-5-11-19(17)25-16-13-22(14-16)20(24)12-6-10-18(23)15-7-2-1-3-8-15/h1-5,7-9,11,16H,6,10,12-14H2. The van der Waals surface area contributed by atoms with Gasteiger partial charge in [0.1, 0.15) is 11.9 Å². The molecule has 3 rings (SSSR count). The maximum atomic E-state index is 12.1. The minimum absolute atomic E-state index is 0.0187. The van der Waals surface area contributed by atoms with Crippen LogP contribution in [0, 0.1) is 0 Å². The molecule has 0 aliphatic carbocycles. The zero-order valence-electron chi connectivity index (χ0n) is 13.9. The Morgan fingerprint density at radius 2 is 1.68 bits per heavy atom. The number of carbonyl (C=O) groups is 2. The molecule has 0 aromatic heterocycles. The molecule has 0 atom stereocenters. The number of hydrogen-bond acceptors (Lipinski definition) is 3. The van der Waals surface area contributed by atoms with E-state index in [9.17, 15) is 9.59 Å². The lowest BCUT2D eigenvalue weighted by atomic mass is 10.0. The van der Waals surface area contributed by atoms with Crippen LogP contribution in [0.1, 0.15) is 29.6 Å². The zero-order valence-corrected chi connectivity index (χ0v) is 14.6. The highest BCUT2D eigenvalue weighted by Crippen LogP contribution is 2.26. The highest BCUT2D eigenvalue weighted by Gasteiger charge is 2.32. The highest BCUT2D eigenvalue weighted by atomic mass is 35.5. The van der Waals surface area contributed by atoms with Crippen LogP contribution >= 0.6 is 11.6 Å². The van der Waals surface area contributed by atoms with Crippen molar-refractivity contribution in [3.8, 4) is 5.75 Å². The van der Waals surface area contributed by atoms with Crippen molar-refractivity contribution in [2.45, 2.75) is 25.4 Å². The summed E-state index contributed by atoms with van der Waals surface area (Å²) in [6.07, 6.45) is 1.33. The van der Waals surface area contributed by atoms with Crippen molar-refractivity contribution in [3.05, 3.63) is 65.2 Å². The van der Waals surface area contributed by atoms with Crippen molar-refractivity contribution in [1.82, 2.24) is 4.90 Å². The van der Waals surface area contributed by atoms with Crippen LogP contribution in [0.4, 0.5) is 0 Å². The van der Waals surface area contributed by atoms with Crippen LogP contribution < -0.4 is 4.74 Å². The first-order valence-corrected chi connectivity index (χ1v) is 8.78. The normalized spacial score (nSPS) is 14.0. The van der Waals surface area contributed by atoms with E-state index < -0.39 is 0 Å². The number of rotatable bonds is 7. The van der Waals surface area contributed by atoms with Crippen LogP contribution in [-0.2, 0) is 4.79 Å². The van der Waals surface area contributed by atoms with E-state index in [-0.39, 0.29) is 17.8 Å². The van der Waals surface area contributed by atoms with E-state index >= 15 is 0 Å². The molecule has 1 saturated heterocycles. The third kappa shape index (κ3) is 4.60. The molecule has 130 valence electrons. The van der Waals surface area contributed by atoms with Crippen LogP contribution in [0.15, 0.2) is 54.6 Å². The first-order chi connectivity index (χ1) is 12.1. The molecule has 1 fully saturated rings. The average molecular weight is 358 g/mol. The summed E-state index contributed by atoms with van der Waals surface area (Å²) < 4.78 is 5.78. The van der Waals surface area contributed by atoms with E-state index in [0.29, 0.717) is 48.7 Å². The monoisotopic (exact) mass is 357 g/mol. The van der Waals surface area contributed by atoms with Gasteiger partial charge in [-0.2, -0.15) is 0 Å². The van der Waals surface area contributed by atoms with Gasteiger partial charge in [0.2, 0.25) is 5.91 Å². The second-order valence-electron chi connectivity index (χ2n) is 6.11.